The third-order valence-electron chi connectivity index (χ3n) is 10.0. The van der Waals surface area contributed by atoms with Gasteiger partial charge in [-0.15, -0.1) is 11.3 Å². The number of hydrogen-bond acceptors (Lipinski definition) is 10. The van der Waals surface area contributed by atoms with E-state index in [1.54, 1.807) is 30.5 Å². The van der Waals surface area contributed by atoms with E-state index in [0.717, 1.165) is 21.2 Å². The molecule has 2 aromatic heterocycles. The largest absolute Gasteiger partial charge is 0.504 e. The number of aromatic nitrogens is 1. The molecule has 13 heteroatoms. The molecule has 0 unspecified atom stereocenters. The molecule has 9 rings (SSSR count). The molecule has 284 valence electrons. The fourth-order valence-electron chi connectivity index (χ4n) is 7.27. The normalized spacial score (nSPS) is 12.1. The highest BCUT2D eigenvalue weighted by molar-refractivity contribution is 7.26. The lowest BCUT2D eigenvalue weighted by Gasteiger charge is -2.13. The van der Waals surface area contributed by atoms with Crippen molar-refractivity contribution < 1.29 is 40.9 Å². The van der Waals surface area contributed by atoms with Crippen molar-refractivity contribution in [2.45, 2.75) is 0 Å². The molecule has 7 aromatic carbocycles. The molecule has 0 saturated carbocycles. The van der Waals surface area contributed by atoms with Crippen LogP contribution in [0.15, 0.2) is 131 Å². The Bertz CT molecular complexity index is 3140. The summed E-state index contributed by atoms with van der Waals surface area (Å²) < 4.78 is 2.56. The van der Waals surface area contributed by atoms with E-state index in [9.17, 15) is 40.9 Å². The maximum absolute atomic E-state index is 11.3. The van der Waals surface area contributed by atoms with Crippen LogP contribution in [0.5, 0.6) is 46.0 Å². The molecular weight excluding hydrogens is 757 g/mol. The van der Waals surface area contributed by atoms with E-state index in [1.165, 1.54) is 15.9 Å². The molecule has 0 amide bonds. The molecule has 0 spiro atoms. The van der Waals surface area contributed by atoms with Crippen LogP contribution in [0.2, 0.25) is 0 Å². The second kappa shape index (κ2) is 13.6. The maximum atomic E-state index is 11.3. The van der Waals surface area contributed by atoms with Gasteiger partial charge in [-0.05, 0) is 29.3 Å². The Labute approximate surface area is 331 Å². The first-order valence-electron chi connectivity index (χ1n) is 17.7. The molecule has 58 heavy (non-hydrogen) atoms. The Kier molecular flexibility index (Phi) is 8.37. The lowest BCUT2D eigenvalue weighted by atomic mass is 9.99. The van der Waals surface area contributed by atoms with Crippen molar-refractivity contribution in [1.82, 2.24) is 4.57 Å². The van der Waals surface area contributed by atoms with Gasteiger partial charge in [-0.3, -0.25) is 5.41 Å². The van der Waals surface area contributed by atoms with E-state index < -0.39 is 56.8 Å². The smallest absolute Gasteiger partial charge is 0.206 e. The lowest BCUT2D eigenvalue weighted by Crippen LogP contribution is -2.04. The summed E-state index contributed by atoms with van der Waals surface area (Å²) in [4.78, 5) is 9.51. The number of fused-ring (bicyclic) bond motifs is 6. The van der Waals surface area contributed by atoms with E-state index in [0.29, 0.717) is 32.6 Å². The molecule has 0 bridgehead atoms. The molecule has 0 atom stereocenters. The fourth-order valence-corrected chi connectivity index (χ4v) is 8.53. The van der Waals surface area contributed by atoms with E-state index in [1.807, 2.05) is 97.1 Å². The molecule has 9 N–H and O–H groups in total. The van der Waals surface area contributed by atoms with Gasteiger partial charge in [0.05, 0.1) is 21.2 Å². The molecule has 0 radical (unpaired) electrons. The number of phenolic OH excluding ortho intramolecular Hbond substituents is 8. The third kappa shape index (κ3) is 5.48. The van der Waals surface area contributed by atoms with Crippen molar-refractivity contribution in [2.24, 2.45) is 9.98 Å². The van der Waals surface area contributed by atoms with E-state index in [4.69, 9.17) is 10.4 Å². The number of rotatable bonds is 5. The van der Waals surface area contributed by atoms with Gasteiger partial charge >= 0.3 is 0 Å². The number of amidine groups is 2. The van der Waals surface area contributed by atoms with Crippen molar-refractivity contribution in [3.05, 3.63) is 138 Å². The van der Waals surface area contributed by atoms with Gasteiger partial charge in [0.15, 0.2) is 34.7 Å². The number of nitrogens with one attached hydrogen (secondary N) is 1. The van der Waals surface area contributed by atoms with Crippen LogP contribution in [0.4, 0.5) is 0 Å². The Morgan fingerprint density at radius 1 is 0.517 bits per heavy atom. The Morgan fingerprint density at radius 3 is 1.64 bits per heavy atom. The van der Waals surface area contributed by atoms with E-state index >= 15 is 0 Å². The number of thiophene rings is 1. The van der Waals surface area contributed by atoms with Crippen molar-refractivity contribution in [1.29, 1.82) is 5.41 Å². The Morgan fingerprint density at radius 2 is 1.05 bits per heavy atom. The number of benzene rings is 7. The minimum atomic E-state index is -1.11. The molecule has 0 saturated heterocycles. The molecule has 0 aliphatic carbocycles. The number of nitrogens with zero attached hydrogens (tertiary/aromatic N) is 3. The molecular formula is C45H30N4O8S. The topological polar surface area (TPSA) is 215 Å². The second-order valence-electron chi connectivity index (χ2n) is 13.4. The summed E-state index contributed by atoms with van der Waals surface area (Å²) in [5, 5.41) is 96.8. The van der Waals surface area contributed by atoms with Crippen molar-refractivity contribution in [3.63, 3.8) is 0 Å². The molecule has 2 heterocycles. The van der Waals surface area contributed by atoms with Gasteiger partial charge in [-0.1, -0.05) is 103 Å². The van der Waals surface area contributed by atoms with Gasteiger partial charge in [-0.2, -0.15) is 0 Å². The zero-order chi connectivity index (χ0) is 40.4. The van der Waals surface area contributed by atoms with Gasteiger partial charge < -0.3 is 45.4 Å². The highest BCUT2D eigenvalue weighted by Crippen LogP contribution is 2.59. The van der Waals surface area contributed by atoms with Crippen LogP contribution in [0, 0.1) is 5.41 Å². The average Bonchev–Trinajstić information content (AvgIpc) is 3.83. The first-order valence-corrected chi connectivity index (χ1v) is 18.5. The SMILES string of the molecule is N=C(N=C(N=Cc1cc(-c2ccccc2)cc2c1sc1c(-n3c4c(O)c(O)c(O)c(O)c4c4c(O)c(O)c(O)c(O)c43)cccc12)c1ccccc1)c1ccccc1. The van der Waals surface area contributed by atoms with Crippen molar-refractivity contribution >= 4 is 71.2 Å². The predicted octanol–water partition coefficient (Wildman–Crippen LogP) is 9.35. The standard InChI is InChI=1S/C45H30N4O8S/c46-44(23-13-6-2-7-14-23)48-45(24-15-8-3-9-16-24)47-21-26-19-25(22-11-4-1-5-12-22)20-28-27-17-10-18-29(43(27)58-42(26)28)49-32-30(34(50)38(54)40(56)36(32)52)31-33(49)37(53)41(57)39(55)35(31)51/h1-21,46,50-57H. The minimum absolute atomic E-state index is 0.0276. The van der Waals surface area contributed by atoms with Crippen molar-refractivity contribution in [2.75, 3.05) is 0 Å². The summed E-state index contributed by atoms with van der Waals surface area (Å²) in [7, 11) is 0. The predicted molar refractivity (Wildman–Crippen MR) is 226 cm³/mol. The van der Waals surface area contributed by atoms with Gasteiger partial charge in [0.25, 0.3) is 0 Å². The molecule has 9 aromatic rings. The quantitative estimate of drug-likeness (QED) is 0.0354. The minimum Gasteiger partial charge on any atom is -0.504 e. The fraction of sp³-hybridized carbons (Fsp3) is 0. The van der Waals surface area contributed by atoms with Gasteiger partial charge in [0.2, 0.25) is 23.0 Å². The summed E-state index contributed by atoms with van der Waals surface area (Å²) in [6.45, 7) is 0. The molecule has 0 aliphatic rings. The number of aliphatic imine (C=N–C) groups is 2. The van der Waals surface area contributed by atoms with E-state index in [2.05, 4.69) is 4.99 Å². The van der Waals surface area contributed by atoms with E-state index in [-0.39, 0.29) is 22.6 Å². The highest BCUT2D eigenvalue weighted by atomic mass is 32.1. The van der Waals surface area contributed by atoms with Crippen LogP contribution in [0.1, 0.15) is 16.7 Å². The van der Waals surface area contributed by atoms with Crippen LogP contribution in [0.3, 0.4) is 0 Å². The van der Waals surface area contributed by atoms with Crippen LogP contribution in [-0.4, -0.2) is 63.3 Å². The molecule has 12 nitrogen and oxygen atoms in total. The first kappa shape index (κ1) is 35.7. The summed E-state index contributed by atoms with van der Waals surface area (Å²) in [6, 6.07) is 37.4. The molecule has 0 aliphatic heterocycles. The third-order valence-corrected chi connectivity index (χ3v) is 11.3. The summed E-state index contributed by atoms with van der Waals surface area (Å²) in [5.41, 5.74) is 3.35. The zero-order valence-electron chi connectivity index (χ0n) is 30.0. The summed E-state index contributed by atoms with van der Waals surface area (Å²) in [5.74, 6) is -7.78. The van der Waals surface area contributed by atoms with Gasteiger partial charge in [0, 0.05) is 38.4 Å². The number of hydrogen-bond donors (Lipinski definition) is 9. The molecule has 0 fully saturated rings. The van der Waals surface area contributed by atoms with Crippen LogP contribution in [0.25, 0.3) is 58.8 Å². The number of phenols is 8. The average molecular weight is 787 g/mol. The summed E-state index contributed by atoms with van der Waals surface area (Å²) >= 11 is 1.32. The highest BCUT2D eigenvalue weighted by Gasteiger charge is 2.32. The van der Waals surface area contributed by atoms with Gasteiger partial charge in [0.1, 0.15) is 11.0 Å². The maximum Gasteiger partial charge on any atom is 0.206 e. The van der Waals surface area contributed by atoms with Gasteiger partial charge in [-0.25, -0.2) is 9.98 Å². The number of aromatic hydroxyl groups is 8. The van der Waals surface area contributed by atoms with Crippen LogP contribution < -0.4 is 0 Å². The van der Waals surface area contributed by atoms with Crippen molar-refractivity contribution in [3.8, 4) is 62.8 Å². The first-order chi connectivity index (χ1) is 28.0. The lowest BCUT2D eigenvalue weighted by molar-refractivity contribution is 0.350. The zero-order valence-corrected chi connectivity index (χ0v) is 30.8. The van der Waals surface area contributed by atoms with Crippen LogP contribution >= 0.6 is 11.3 Å². The summed E-state index contributed by atoms with van der Waals surface area (Å²) in [6.07, 6.45) is 1.68. The monoisotopic (exact) mass is 786 g/mol. The second-order valence-corrected chi connectivity index (χ2v) is 14.4. The Balaban J connectivity index is 1.35. The Hall–Kier alpha value is -8.03. The van der Waals surface area contributed by atoms with Crippen LogP contribution in [-0.2, 0) is 0 Å².